The van der Waals surface area contributed by atoms with Crippen LogP contribution in [0.4, 0.5) is 11.6 Å². The van der Waals surface area contributed by atoms with E-state index in [1.807, 2.05) is 12.5 Å². The van der Waals surface area contributed by atoms with Gasteiger partial charge in [-0.15, -0.1) is 0 Å². The molecule has 0 fully saturated rings. The van der Waals surface area contributed by atoms with E-state index in [4.69, 9.17) is 5.84 Å². The van der Waals surface area contributed by atoms with E-state index in [9.17, 15) is 0 Å². The SMILES string of the molecule is CC(C)c1c(NN)ncnc1NCCCn1ccnc1. The van der Waals surface area contributed by atoms with Crippen LogP contribution in [0.15, 0.2) is 25.0 Å². The molecule has 2 aromatic rings. The van der Waals surface area contributed by atoms with Crippen LogP contribution in [0, 0.1) is 0 Å². The van der Waals surface area contributed by atoms with E-state index < -0.39 is 0 Å². The summed E-state index contributed by atoms with van der Waals surface area (Å²) in [4.78, 5) is 12.5. The van der Waals surface area contributed by atoms with E-state index in [-0.39, 0.29) is 0 Å². The second-order valence-electron chi connectivity index (χ2n) is 4.86. The maximum absolute atomic E-state index is 5.50. The smallest absolute Gasteiger partial charge is 0.148 e. The first kappa shape index (κ1) is 14.3. The van der Waals surface area contributed by atoms with Crippen molar-refractivity contribution in [1.29, 1.82) is 0 Å². The molecular weight excluding hydrogens is 254 g/mol. The third-order valence-electron chi connectivity index (χ3n) is 3.04. The first-order valence-electron chi connectivity index (χ1n) is 6.73. The number of hydrogen-bond acceptors (Lipinski definition) is 6. The largest absolute Gasteiger partial charge is 0.370 e. The van der Waals surface area contributed by atoms with Gasteiger partial charge in [0.05, 0.1) is 6.33 Å². The topological polar surface area (TPSA) is 93.7 Å². The summed E-state index contributed by atoms with van der Waals surface area (Å²) < 4.78 is 2.05. The van der Waals surface area contributed by atoms with Crippen LogP contribution in [0.1, 0.15) is 31.7 Å². The van der Waals surface area contributed by atoms with Crippen molar-refractivity contribution in [3.8, 4) is 0 Å². The number of hydrogen-bond donors (Lipinski definition) is 3. The number of nitrogens with zero attached hydrogens (tertiary/aromatic N) is 4. The van der Waals surface area contributed by atoms with Gasteiger partial charge in [0.2, 0.25) is 0 Å². The normalized spacial score (nSPS) is 10.8. The summed E-state index contributed by atoms with van der Waals surface area (Å²) in [6.07, 6.45) is 8.07. The van der Waals surface area contributed by atoms with Crippen LogP contribution < -0.4 is 16.6 Å². The average molecular weight is 275 g/mol. The Bertz CT molecular complexity index is 522. The van der Waals surface area contributed by atoms with E-state index in [1.54, 1.807) is 6.20 Å². The minimum Gasteiger partial charge on any atom is -0.370 e. The van der Waals surface area contributed by atoms with Crippen LogP contribution in [-0.4, -0.2) is 26.1 Å². The maximum atomic E-state index is 5.50. The van der Waals surface area contributed by atoms with Crippen molar-refractivity contribution < 1.29 is 0 Å². The lowest BCUT2D eigenvalue weighted by Gasteiger charge is -2.16. The number of aromatic nitrogens is 4. The maximum Gasteiger partial charge on any atom is 0.148 e. The molecule has 0 radical (unpaired) electrons. The van der Waals surface area contributed by atoms with Crippen LogP contribution in [0.2, 0.25) is 0 Å². The summed E-state index contributed by atoms with van der Waals surface area (Å²) in [5.41, 5.74) is 3.64. The van der Waals surface area contributed by atoms with Gasteiger partial charge in [0, 0.05) is 31.0 Å². The molecule has 0 atom stereocenters. The third kappa shape index (κ3) is 3.45. The quantitative estimate of drug-likeness (QED) is 0.403. The highest BCUT2D eigenvalue weighted by molar-refractivity contribution is 5.58. The van der Waals surface area contributed by atoms with Gasteiger partial charge in [-0.05, 0) is 12.3 Å². The standard InChI is InChI=1S/C13H21N7/c1-10(2)11-12(17-8-18-13(11)19-14)16-4-3-6-20-7-5-15-9-20/h5,7-10H,3-4,6,14H2,1-2H3,(H2,16,17,18,19). The van der Waals surface area contributed by atoms with E-state index >= 15 is 0 Å². The fourth-order valence-electron chi connectivity index (χ4n) is 2.09. The van der Waals surface area contributed by atoms with Gasteiger partial charge in [0.15, 0.2) is 0 Å². The molecule has 2 heterocycles. The molecule has 7 nitrogen and oxygen atoms in total. The van der Waals surface area contributed by atoms with Crippen molar-refractivity contribution in [1.82, 2.24) is 19.5 Å². The lowest BCUT2D eigenvalue weighted by molar-refractivity contribution is 0.659. The third-order valence-corrected chi connectivity index (χ3v) is 3.04. The van der Waals surface area contributed by atoms with Gasteiger partial charge in [-0.25, -0.2) is 20.8 Å². The Morgan fingerprint density at radius 3 is 2.75 bits per heavy atom. The Morgan fingerprint density at radius 2 is 2.10 bits per heavy atom. The number of hydrazine groups is 1. The summed E-state index contributed by atoms with van der Waals surface area (Å²) >= 11 is 0. The monoisotopic (exact) mass is 275 g/mol. The summed E-state index contributed by atoms with van der Waals surface area (Å²) in [5, 5.41) is 3.35. The summed E-state index contributed by atoms with van der Waals surface area (Å²) in [6, 6.07) is 0. The van der Waals surface area contributed by atoms with E-state index in [0.29, 0.717) is 11.7 Å². The molecule has 0 bridgehead atoms. The highest BCUT2D eigenvalue weighted by Gasteiger charge is 2.13. The molecule has 0 saturated carbocycles. The molecule has 0 aromatic carbocycles. The molecule has 0 aliphatic carbocycles. The van der Waals surface area contributed by atoms with Gasteiger partial charge in [0.25, 0.3) is 0 Å². The first-order chi connectivity index (χ1) is 9.72. The second-order valence-corrected chi connectivity index (χ2v) is 4.86. The average Bonchev–Trinajstić information content (AvgIpc) is 2.96. The lowest BCUT2D eigenvalue weighted by atomic mass is 10.0. The van der Waals surface area contributed by atoms with E-state index in [1.165, 1.54) is 6.33 Å². The number of rotatable bonds is 7. The van der Waals surface area contributed by atoms with Crippen molar-refractivity contribution >= 4 is 11.6 Å². The van der Waals surface area contributed by atoms with Crippen LogP contribution in [0.3, 0.4) is 0 Å². The Morgan fingerprint density at radius 1 is 1.30 bits per heavy atom. The molecule has 2 rings (SSSR count). The Labute approximate surface area is 118 Å². The first-order valence-corrected chi connectivity index (χ1v) is 6.73. The fraction of sp³-hybridized carbons (Fsp3) is 0.462. The zero-order chi connectivity index (χ0) is 14.4. The number of nitrogens with one attached hydrogen (secondary N) is 2. The predicted octanol–water partition coefficient (Wildman–Crippen LogP) is 1.58. The second kappa shape index (κ2) is 6.85. The number of imidazole rings is 1. The molecule has 0 unspecified atom stereocenters. The molecule has 7 heteroatoms. The van der Waals surface area contributed by atoms with Gasteiger partial charge in [-0.3, -0.25) is 0 Å². The van der Waals surface area contributed by atoms with Crippen LogP contribution in [-0.2, 0) is 6.54 Å². The van der Waals surface area contributed by atoms with E-state index in [0.717, 1.165) is 30.9 Å². The van der Waals surface area contributed by atoms with Crippen LogP contribution >= 0.6 is 0 Å². The molecule has 0 aliphatic heterocycles. The van der Waals surface area contributed by atoms with Crippen molar-refractivity contribution in [3.05, 3.63) is 30.6 Å². The minimum atomic E-state index is 0.290. The van der Waals surface area contributed by atoms with Gasteiger partial charge >= 0.3 is 0 Å². The zero-order valence-electron chi connectivity index (χ0n) is 11.9. The number of anilines is 2. The molecule has 0 spiro atoms. The van der Waals surface area contributed by atoms with Crippen molar-refractivity contribution in [2.45, 2.75) is 32.7 Å². The number of nitrogen functional groups attached to an aromatic ring is 1. The Balaban J connectivity index is 1.95. The molecular formula is C13H21N7. The summed E-state index contributed by atoms with van der Waals surface area (Å²) in [5.74, 6) is 7.30. The van der Waals surface area contributed by atoms with Gasteiger partial charge in [-0.2, -0.15) is 0 Å². The van der Waals surface area contributed by atoms with Crippen LogP contribution in [0.25, 0.3) is 0 Å². The Kier molecular flexibility index (Phi) is 4.89. The fourth-order valence-corrected chi connectivity index (χ4v) is 2.09. The van der Waals surface area contributed by atoms with Crippen molar-refractivity contribution in [2.75, 3.05) is 17.3 Å². The van der Waals surface area contributed by atoms with Crippen LogP contribution in [0.5, 0.6) is 0 Å². The molecule has 0 saturated heterocycles. The summed E-state index contributed by atoms with van der Waals surface area (Å²) in [6.45, 7) is 5.95. The summed E-state index contributed by atoms with van der Waals surface area (Å²) in [7, 11) is 0. The molecule has 2 aromatic heterocycles. The van der Waals surface area contributed by atoms with Gasteiger partial charge in [0.1, 0.15) is 18.0 Å². The molecule has 108 valence electrons. The number of aryl methyl sites for hydroxylation is 1. The molecule has 20 heavy (non-hydrogen) atoms. The predicted molar refractivity (Wildman–Crippen MR) is 79.3 cm³/mol. The van der Waals surface area contributed by atoms with Gasteiger partial charge < -0.3 is 15.3 Å². The Hall–Kier alpha value is -2.15. The number of nitrogens with two attached hydrogens (primary N) is 1. The minimum absolute atomic E-state index is 0.290. The molecule has 4 N–H and O–H groups in total. The molecule has 0 amide bonds. The zero-order valence-corrected chi connectivity index (χ0v) is 11.9. The molecule has 0 aliphatic rings. The lowest BCUT2D eigenvalue weighted by Crippen LogP contribution is -2.16. The highest BCUT2D eigenvalue weighted by Crippen LogP contribution is 2.27. The van der Waals surface area contributed by atoms with Crippen molar-refractivity contribution in [3.63, 3.8) is 0 Å². The van der Waals surface area contributed by atoms with E-state index in [2.05, 4.69) is 44.1 Å². The van der Waals surface area contributed by atoms with Gasteiger partial charge in [-0.1, -0.05) is 13.8 Å². The van der Waals surface area contributed by atoms with Crippen molar-refractivity contribution in [2.24, 2.45) is 5.84 Å². The highest BCUT2D eigenvalue weighted by atomic mass is 15.3.